The van der Waals surface area contributed by atoms with Crippen molar-refractivity contribution >= 4 is 34.4 Å². The van der Waals surface area contributed by atoms with Gasteiger partial charge in [0.15, 0.2) is 0 Å². The first-order chi connectivity index (χ1) is 8.06. The summed E-state index contributed by atoms with van der Waals surface area (Å²) < 4.78 is 2.11. The van der Waals surface area contributed by atoms with Crippen molar-refractivity contribution in [1.29, 1.82) is 0 Å². The molecule has 2 rings (SSSR count). The third kappa shape index (κ3) is 2.65. The molecule has 0 bridgehead atoms. The fraction of sp³-hybridized carbons (Fsp3) is 0.700. The fourth-order valence-corrected chi connectivity index (χ4v) is 3.30. The van der Waals surface area contributed by atoms with Gasteiger partial charge in [0.25, 0.3) is 0 Å². The molecule has 1 heterocycles. The molecule has 0 aromatic carbocycles. The lowest BCUT2D eigenvalue weighted by Gasteiger charge is -2.25. The third-order valence-corrected chi connectivity index (χ3v) is 4.60. The Morgan fingerprint density at radius 1 is 1.59 bits per heavy atom. The molecule has 17 heavy (non-hydrogen) atoms. The molecule has 0 amide bonds. The van der Waals surface area contributed by atoms with Gasteiger partial charge in [0.1, 0.15) is 4.47 Å². The molecule has 94 valence electrons. The van der Waals surface area contributed by atoms with Crippen LogP contribution in [0.1, 0.15) is 25.7 Å². The van der Waals surface area contributed by atoms with Crippen LogP contribution >= 0.6 is 28.6 Å². The summed E-state index contributed by atoms with van der Waals surface area (Å²) in [5.74, 6) is 0.690. The van der Waals surface area contributed by atoms with Crippen LogP contribution in [0, 0.1) is 15.5 Å². The number of thiol groups is 1. The summed E-state index contributed by atoms with van der Waals surface area (Å²) in [6, 6.07) is 0. The van der Waals surface area contributed by atoms with Crippen molar-refractivity contribution < 1.29 is 4.92 Å². The monoisotopic (exact) mass is 319 g/mol. The van der Waals surface area contributed by atoms with Crippen LogP contribution in [0.25, 0.3) is 0 Å². The summed E-state index contributed by atoms with van der Waals surface area (Å²) in [7, 11) is 0. The second kappa shape index (κ2) is 4.97. The average Bonchev–Trinajstić information content (AvgIpc) is 2.87. The largest absolute Gasteiger partial charge is 0.404 e. The number of nitrogens with zero attached hydrogens (tertiary/aromatic N) is 3. The van der Waals surface area contributed by atoms with Crippen LogP contribution < -0.4 is 0 Å². The van der Waals surface area contributed by atoms with E-state index in [9.17, 15) is 10.1 Å². The molecule has 1 aliphatic rings. The molecule has 7 heteroatoms. The molecule has 5 nitrogen and oxygen atoms in total. The number of nitro groups is 1. The highest BCUT2D eigenvalue weighted by Gasteiger charge is 2.35. The minimum absolute atomic E-state index is 0.114. The van der Waals surface area contributed by atoms with Gasteiger partial charge in [-0.1, -0.05) is 12.8 Å². The van der Waals surface area contributed by atoms with Crippen molar-refractivity contribution in [3.05, 3.63) is 20.8 Å². The molecule has 0 atom stereocenters. The normalized spacial score (nSPS) is 18.5. The van der Waals surface area contributed by atoms with Crippen molar-refractivity contribution in [2.75, 3.05) is 5.75 Å². The molecule has 0 aliphatic heterocycles. The van der Waals surface area contributed by atoms with Gasteiger partial charge in [-0.25, -0.2) is 0 Å². The van der Waals surface area contributed by atoms with E-state index in [0.717, 1.165) is 18.6 Å². The van der Waals surface area contributed by atoms with Crippen LogP contribution in [0.4, 0.5) is 5.82 Å². The molecule has 0 unspecified atom stereocenters. The second-order valence-electron chi connectivity index (χ2n) is 4.62. The first kappa shape index (κ1) is 12.9. The van der Waals surface area contributed by atoms with Gasteiger partial charge in [-0.3, -0.25) is 0 Å². The summed E-state index contributed by atoms with van der Waals surface area (Å²) in [5.41, 5.74) is 0.155. The topological polar surface area (TPSA) is 61.0 Å². The minimum Gasteiger partial charge on any atom is -0.358 e. The zero-order chi connectivity index (χ0) is 12.5. The van der Waals surface area contributed by atoms with Gasteiger partial charge >= 0.3 is 5.82 Å². The van der Waals surface area contributed by atoms with Crippen molar-refractivity contribution in [3.8, 4) is 0 Å². The van der Waals surface area contributed by atoms with Crippen LogP contribution in [0.5, 0.6) is 0 Å². The summed E-state index contributed by atoms with van der Waals surface area (Å²) in [4.78, 5) is 10.2. The minimum atomic E-state index is -0.470. The average molecular weight is 320 g/mol. The molecule has 1 aliphatic carbocycles. The number of halogens is 1. The molecule has 0 N–H and O–H groups in total. The number of aromatic nitrogens is 2. The van der Waals surface area contributed by atoms with Gasteiger partial charge in [0, 0.05) is 5.41 Å². The predicted molar refractivity (Wildman–Crippen MR) is 71.3 cm³/mol. The first-order valence-electron chi connectivity index (χ1n) is 5.54. The SMILES string of the molecule is O=[N+]([O-])c1nn(CC2(CS)CCCC2)cc1Br. The molecule has 0 radical (unpaired) electrons. The summed E-state index contributed by atoms with van der Waals surface area (Å²) in [5, 5.41) is 14.7. The summed E-state index contributed by atoms with van der Waals surface area (Å²) in [6.45, 7) is 0.711. The van der Waals surface area contributed by atoms with E-state index in [0.29, 0.717) is 11.0 Å². The molecule has 1 fully saturated rings. The number of rotatable bonds is 4. The Morgan fingerprint density at radius 3 is 2.71 bits per heavy atom. The molecular weight excluding hydrogens is 306 g/mol. The van der Waals surface area contributed by atoms with E-state index in [4.69, 9.17) is 0 Å². The molecule has 0 spiro atoms. The maximum atomic E-state index is 10.7. The zero-order valence-corrected chi connectivity index (χ0v) is 11.8. The first-order valence-corrected chi connectivity index (χ1v) is 6.97. The van der Waals surface area contributed by atoms with Crippen molar-refractivity contribution in [1.82, 2.24) is 9.78 Å². The van der Waals surface area contributed by atoms with E-state index >= 15 is 0 Å². The lowest BCUT2D eigenvalue weighted by Crippen LogP contribution is -2.25. The van der Waals surface area contributed by atoms with Crippen LogP contribution in [0.3, 0.4) is 0 Å². The smallest absolute Gasteiger partial charge is 0.358 e. The summed E-state index contributed by atoms with van der Waals surface area (Å²) >= 11 is 7.58. The molecule has 0 saturated heterocycles. The lowest BCUT2D eigenvalue weighted by molar-refractivity contribution is -0.390. The van der Waals surface area contributed by atoms with E-state index in [2.05, 4.69) is 33.7 Å². The summed E-state index contributed by atoms with van der Waals surface area (Å²) in [6.07, 6.45) is 6.36. The van der Waals surface area contributed by atoms with E-state index in [1.165, 1.54) is 12.8 Å². The Kier molecular flexibility index (Phi) is 3.77. The Morgan fingerprint density at radius 2 is 2.24 bits per heavy atom. The lowest BCUT2D eigenvalue weighted by atomic mass is 9.88. The highest BCUT2D eigenvalue weighted by Crippen LogP contribution is 2.40. The second-order valence-corrected chi connectivity index (χ2v) is 5.79. The van der Waals surface area contributed by atoms with Gasteiger partial charge in [0.05, 0.1) is 17.8 Å². The Bertz CT molecular complexity index is 429. The maximum Gasteiger partial charge on any atom is 0.404 e. The third-order valence-electron chi connectivity index (χ3n) is 3.37. The molecular formula is C10H14BrN3O2S. The number of hydrogen-bond donors (Lipinski definition) is 1. The van der Waals surface area contributed by atoms with Gasteiger partial charge < -0.3 is 10.1 Å². The number of hydrogen-bond acceptors (Lipinski definition) is 4. The maximum absolute atomic E-state index is 10.7. The van der Waals surface area contributed by atoms with Crippen LogP contribution in [-0.2, 0) is 6.54 Å². The molecule has 1 aromatic heterocycles. The van der Waals surface area contributed by atoms with Crippen LogP contribution in [0.2, 0.25) is 0 Å². The van der Waals surface area contributed by atoms with Crippen molar-refractivity contribution in [3.63, 3.8) is 0 Å². The Labute approximate surface area is 113 Å². The van der Waals surface area contributed by atoms with Crippen molar-refractivity contribution in [2.45, 2.75) is 32.2 Å². The zero-order valence-electron chi connectivity index (χ0n) is 9.30. The predicted octanol–water partition coefficient (Wildman–Crippen LogP) is 3.04. The van der Waals surface area contributed by atoms with Gasteiger partial charge in [-0.15, -0.1) is 0 Å². The van der Waals surface area contributed by atoms with Gasteiger partial charge in [0.2, 0.25) is 0 Å². The Balaban J connectivity index is 2.18. The molecule has 1 aromatic rings. The standard InChI is InChI=1S/C10H14BrN3O2S/c11-8-5-13(12-9(8)14(15)16)6-10(7-17)3-1-2-4-10/h5,17H,1-4,6-7H2. The fourth-order valence-electron chi connectivity index (χ4n) is 2.43. The highest BCUT2D eigenvalue weighted by atomic mass is 79.9. The van der Waals surface area contributed by atoms with E-state index in [-0.39, 0.29) is 11.2 Å². The van der Waals surface area contributed by atoms with Gasteiger partial charge in [-0.2, -0.15) is 17.3 Å². The van der Waals surface area contributed by atoms with E-state index in [1.807, 2.05) is 0 Å². The van der Waals surface area contributed by atoms with E-state index < -0.39 is 4.92 Å². The van der Waals surface area contributed by atoms with Crippen LogP contribution in [0.15, 0.2) is 10.7 Å². The van der Waals surface area contributed by atoms with Gasteiger partial charge in [-0.05, 0) is 39.4 Å². The van der Waals surface area contributed by atoms with Crippen molar-refractivity contribution in [2.24, 2.45) is 5.41 Å². The highest BCUT2D eigenvalue weighted by molar-refractivity contribution is 9.10. The Hall–Kier alpha value is -0.560. The van der Waals surface area contributed by atoms with Crippen LogP contribution in [-0.4, -0.2) is 20.5 Å². The van der Waals surface area contributed by atoms with E-state index in [1.54, 1.807) is 10.9 Å². The quantitative estimate of drug-likeness (QED) is 0.527. The molecule has 1 saturated carbocycles.